The van der Waals surface area contributed by atoms with E-state index in [1.807, 2.05) is 11.9 Å². The van der Waals surface area contributed by atoms with Crippen LogP contribution in [0.15, 0.2) is 0 Å². The SMILES string of the molecule is CN(C(=N)N)C1CCCCC1. The zero-order valence-electron chi connectivity index (χ0n) is 7.14. The van der Waals surface area contributed by atoms with Gasteiger partial charge < -0.3 is 10.6 Å². The maximum absolute atomic E-state index is 7.24. The normalized spacial score (nSPS) is 19.7. The van der Waals surface area contributed by atoms with Gasteiger partial charge in [0.2, 0.25) is 0 Å². The first-order chi connectivity index (χ1) is 5.22. The second-order valence-electron chi connectivity index (χ2n) is 3.29. The van der Waals surface area contributed by atoms with Crippen molar-refractivity contribution in [1.29, 1.82) is 5.41 Å². The van der Waals surface area contributed by atoms with Crippen molar-refractivity contribution in [2.24, 2.45) is 5.73 Å². The van der Waals surface area contributed by atoms with Crippen LogP contribution in [0.25, 0.3) is 0 Å². The third-order valence-corrected chi connectivity index (χ3v) is 2.50. The fourth-order valence-electron chi connectivity index (χ4n) is 1.67. The van der Waals surface area contributed by atoms with Crippen molar-refractivity contribution in [3.8, 4) is 0 Å². The van der Waals surface area contributed by atoms with E-state index in [0.717, 1.165) is 0 Å². The van der Waals surface area contributed by atoms with Crippen LogP contribution in [-0.4, -0.2) is 23.9 Å². The maximum atomic E-state index is 7.24. The molecule has 1 rings (SSSR count). The number of hydrogen-bond acceptors (Lipinski definition) is 1. The van der Waals surface area contributed by atoms with Crippen LogP contribution in [0.4, 0.5) is 0 Å². The molecule has 0 atom stereocenters. The predicted molar refractivity (Wildman–Crippen MR) is 46.6 cm³/mol. The Bertz CT molecular complexity index is 138. The minimum Gasteiger partial charge on any atom is -0.370 e. The molecule has 0 saturated heterocycles. The van der Waals surface area contributed by atoms with Gasteiger partial charge in [0.05, 0.1) is 0 Å². The van der Waals surface area contributed by atoms with Crippen molar-refractivity contribution in [2.45, 2.75) is 38.1 Å². The van der Waals surface area contributed by atoms with Gasteiger partial charge in [-0.15, -0.1) is 0 Å². The zero-order valence-corrected chi connectivity index (χ0v) is 7.14. The van der Waals surface area contributed by atoms with Crippen LogP contribution in [0.5, 0.6) is 0 Å². The topological polar surface area (TPSA) is 53.1 Å². The summed E-state index contributed by atoms with van der Waals surface area (Å²) in [6, 6.07) is 0.529. The highest BCUT2D eigenvalue weighted by Crippen LogP contribution is 2.20. The predicted octanol–water partition coefficient (Wildman–Crippen LogP) is 1.14. The first kappa shape index (κ1) is 8.37. The maximum Gasteiger partial charge on any atom is 0.188 e. The number of nitrogens with one attached hydrogen (secondary N) is 1. The van der Waals surface area contributed by atoms with Crippen LogP contribution in [0.3, 0.4) is 0 Å². The summed E-state index contributed by atoms with van der Waals surface area (Å²) in [6.07, 6.45) is 6.35. The van der Waals surface area contributed by atoms with E-state index in [1.54, 1.807) is 0 Å². The Balaban J connectivity index is 2.38. The van der Waals surface area contributed by atoms with Gasteiger partial charge in [0, 0.05) is 13.1 Å². The van der Waals surface area contributed by atoms with E-state index in [4.69, 9.17) is 11.1 Å². The lowest BCUT2D eigenvalue weighted by molar-refractivity contribution is 0.275. The summed E-state index contributed by atoms with van der Waals surface area (Å²) in [6.45, 7) is 0. The monoisotopic (exact) mass is 155 g/mol. The van der Waals surface area contributed by atoms with Crippen molar-refractivity contribution >= 4 is 5.96 Å². The largest absolute Gasteiger partial charge is 0.370 e. The summed E-state index contributed by atoms with van der Waals surface area (Å²) in [5.74, 6) is 0.205. The molecule has 0 aromatic carbocycles. The Morgan fingerprint density at radius 2 is 1.91 bits per heavy atom. The molecule has 1 aliphatic carbocycles. The molecule has 64 valence electrons. The third-order valence-electron chi connectivity index (χ3n) is 2.50. The summed E-state index contributed by atoms with van der Waals surface area (Å²) in [4.78, 5) is 1.89. The quantitative estimate of drug-likeness (QED) is 0.441. The number of nitrogens with zero attached hydrogens (tertiary/aromatic N) is 1. The molecule has 0 heterocycles. The standard InChI is InChI=1S/C8H17N3/c1-11(8(9)10)7-5-3-2-4-6-7/h7H,2-6H2,1H3,(H3,9,10). The Morgan fingerprint density at radius 1 is 1.36 bits per heavy atom. The minimum absolute atomic E-state index is 0.205. The Labute approximate surface area is 68.1 Å². The molecule has 1 fully saturated rings. The highest BCUT2D eigenvalue weighted by molar-refractivity contribution is 5.74. The van der Waals surface area contributed by atoms with Gasteiger partial charge in [-0.05, 0) is 12.8 Å². The summed E-state index contributed by atoms with van der Waals surface area (Å²) < 4.78 is 0. The van der Waals surface area contributed by atoms with Gasteiger partial charge in [-0.2, -0.15) is 0 Å². The van der Waals surface area contributed by atoms with Gasteiger partial charge in [0.15, 0.2) is 5.96 Å². The smallest absolute Gasteiger partial charge is 0.188 e. The van der Waals surface area contributed by atoms with E-state index < -0.39 is 0 Å². The van der Waals surface area contributed by atoms with E-state index in [0.29, 0.717) is 6.04 Å². The molecule has 3 nitrogen and oxygen atoms in total. The minimum atomic E-state index is 0.205. The molecule has 1 aliphatic rings. The highest BCUT2D eigenvalue weighted by Gasteiger charge is 2.18. The summed E-state index contributed by atoms with van der Waals surface area (Å²) >= 11 is 0. The second-order valence-corrected chi connectivity index (χ2v) is 3.29. The molecule has 0 aromatic heterocycles. The van der Waals surface area contributed by atoms with Crippen molar-refractivity contribution in [1.82, 2.24) is 4.90 Å². The Hall–Kier alpha value is -0.730. The number of rotatable bonds is 1. The van der Waals surface area contributed by atoms with E-state index in [9.17, 15) is 0 Å². The van der Waals surface area contributed by atoms with Crippen LogP contribution < -0.4 is 5.73 Å². The molecule has 0 aliphatic heterocycles. The van der Waals surface area contributed by atoms with Crippen LogP contribution in [0, 0.1) is 5.41 Å². The molecule has 0 unspecified atom stereocenters. The third kappa shape index (κ3) is 2.10. The number of nitrogens with two attached hydrogens (primary N) is 1. The lowest BCUT2D eigenvalue weighted by Crippen LogP contribution is -2.41. The Kier molecular flexibility index (Phi) is 2.74. The van der Waals surface area contributed by atoms with Crippen molar-refractivity contribution in [3.63, 3.8) is 0 Å². The second kappa shape index (κ2) is 3.60. The van der Waals surface area contributed by atoms with Crippen LogP contribution >= 0.6 is 0 Å². The summed E-state index contributed by atoms with van der Waals surface area (Å²) in [7, 11) is 1.92. The van der Waals surface area contributed by atoms with Gasteiger partial charge in [0.25, 0.3) is 0 Å². The molecule has 1 saturated carbocycles. The highest BCUT2D eigenvalue weighted by atomic mass is 15.2. The number of hydrogen-bond donors (Lipinski definition) is 2. The Morgan fingerprint density at radius 3 is 2.36 bits per heavy atom. The molecule has 0 amide bonds. The molecule has 3 heteroatoms. The fourth-order valence-corrected chi connectivity index (χ4v) is 1.67. The van der Waals surface area contributed by atoms with Crippen molar-refractivity contribution < 1.29 is 0 Å². The van der Waals surface area contributed by atoms with Gasteiger partial charge in [-0.25, -0.2) is 0 Å². The molecule has 0 bridgehead atoms. The molecule has 0 spiro atoms. The molecule has 11 heavy (non-hydrogen) atoms. The lowest BCUT2D eigenvalue weighted by atomic mass is 9.95. The van der Waals surface area contributed by atoms with Crippen LogP contribution in [0.1, 0.15) is 32.1 Å². The van der Waals surface area contributed by atoms with E-state index in [-0.39, 0.29) is 5.96 Å². The molecule has 3 N–H and O–H groups in total. The fraction of sp³-hybridized carbons (Fsp3) is 0.875. The van der Waals surface area contributed by atoms with Gasteiger partial charge >= 0.3 is 0 Å². The first-order valence-electron chi connectivity index (χ1n) is 4.28. The average Bonchev–Trinajstić information content (AvgIpc) is 2.05. The number of guanidine groups is 1. The summed E-state index contributed by atoms with van der Waals surface area (Å²) in [5.41, 5.74) is 5.38. The van der Waals surface area contributed by atoms with Crippen molar-refractivity contribution in [2.75, 3.05) is 7.05 Å². The van der Waals surface area contributed by atoms with Crippen LogP contribution in [0.2, 0.25) is 0 Å². The summed E-state index contributed by atoms with van der Waals surface area (Å²) in [5, 5.41) is 7.24. The van der Waals surface area contributed by atoms with E-state index in [1.165, 1.54) is 32.1 Å². The van der Waals surface area contributed by atoms with Gasteiger partial charge in [-0.3, -0.25) is 5.41 Å². The van der Waals surface area contributed by atoms with Crippen LogP contribution in [-0.2, 0) is 0 Å². The average molecular weight is 155 g/mol. The molecular formula is C8H17N3. The molecular weight excluding hydrogens is 138 g/mol. The first-order valence-corrected chi connectivity index (χ1v) is 4.28. The molecule has 0 radical (unpaired) electrons. The van der Waals surface area contributed by atoms with Gasteiger partial charge in [-0.1, -0.05) is 19.3 Å². The van der Waals surface area contributed by atoms with Crippen molar-refractivity contribution in [3.05, 3.63) is 0 Å². The lowest BCUT2D eigenvalue weighted by Gasteiger charge is -2.31. The zero-order chi connectivity index (χ0) is 8.27. The van der Waals surface area contributed by atoms with E-state index >= 15 is 0 Å². The van der Waals surface area contributed by atoms with E-state index in [2.05, 4.69) is 0 Å². The molecule has 0 aromatic rings. The van der Waals surface area contributed by atoms with Gasteiger partial charge in [0.1, 0.15) is 0 Å².